The van der Waals surface area contributed by atoms with Gasteiger partial charge >= 0.3 is 6.09 Å². The predicted octanol–water partition coefficient (Wildman–Crippen LogP) is 1.72. The van der Waals surface area contributed by atoms with Crippen molar-refractivity contribution < 1.29 is 33.7 Å². The Hall–Kier alpha value is -3.39. The number of likely N-dealkylation sites (N-methyl/N-ethyl adjacent to an activating group) is 1. The summed E-state index contributed by atoms with van der Waals surface area (Å²) < 4.78 is 18.4. The number of carbonyl (C=O) groups is 3. The lowest BCUT2D eigenvalue weighted by molar-refractivity contribution is -0.135. The SMILES string of the molecule is COc1ccc2cc(C(=O)N3CCN(C(=O)CN4C[C@@H](C)N(C(=O)OC(C)(C)C)C[C@@H]4CN(C)CCOCCO)CC3)n(C)c2c1. The molecule has 1 aromatic carbocycles. The molecule has 13 heteroatoms. The van der Waals surface area contributed by atoms with E-state index in [1.807, 2.05) is 80.4 Å². The van der Waals surface area contributed by atoms with E-state index in [1.54, 1.807) is 12.0 Å². The van der Waals surface area contributed by atoms with E-state index in [0.29, 0.717) is 64.7 Å². The Morgan fingerprint density at radius 3 is 2.37 bits per heavy atom. The van der Waals surface area contributed by atoms with Gasteiger partial charge in [-0.3, -0.25) is 14.5 Å². The van der Waals surface area contributed by atoms with Crippen molar-refractivity contribution in [2.75, 3.05) is 92.9 Å². The van der Waals surface area contributed by atoms with Gasteiger partial charge in [0.05, 0.1) is 39.0 Å². The number of nitrogens with zero attached hydrogens (tertiary/aromatic N) is 6. The first-order chi connectivity index (χ1) is 21.8. The van der Waals surface area contributed by atoms with Crippen molar-refractivity contribution in [3.05, 3.63) is 30.0 Å². The van der Waals surface area contributed by atoms with E-state index in [9.17, 15) is 14.4 Å². The normalized spacial score (nSPS) is 19.6. The van der Waals surface area contributed by atoms with Crippen molar-refractivity contribution in [3.8, 4) is 5.75 Å². The van der Waals surface area contributed by atoms with Crippen LogP contribution in [0.2, 0.25) is 0 Å². The summed E-state index contributed by atoms with van der Waals surface area (Å²) in [6.07, 6.45) is -0.351. The summed E-state index contributed by atoms with van der Waals surface area (Å²) in [5, 5.41) is 9.97. The Labute approximate surface area is 272 Å². The van der Waals surface area contributed by atoms with Gasteiger partial charge in [-0.1, -0.05) is 0 Å². The summed E-state index contributed by atoms with van der Waals surface area (Å²) in [6.45, 7) is 12.6. The maximum absolute atomic E-state index is 13.6. The number of amides is 3. The molecule has 2 aliphatic rings. The zero-order valence-electron chi connectivity index (χ0n) is 28.5. The van der Waals surface area contributed by atoms with E-state index < -0.39 is 5.60 Å². The first kappa shape index (κ1) is 35.5. The van der Waals surface area contributed by atoms with Gasteiger partial charge in [-0.05, 0) is 52.9 Å². The van der Waals surface area contributed by atoms with Crippen molar-refractivity contribution in [2.24, 2.45) is 7.05 Å². The standard InChI is InChI=1S/C33H52N6O7/c1-24-20-38(26(21-34(5)14-16-45-17-15-40)22-39(24)32(43)46-33(2,3)4)23-30(41)36-10-12-37(13-11-36)31(42)29-18-25-8-9-27(44-7)19-28(25)35(29)6/h8-9,18-19,24,26,40H,10-17,20-23H2,1-7H3/t24-,26+/m1/s1. The van der Waals surface area contributed by atoms with Gasteiger partial charge in [0.25, 0.3) is 5.91 Å². The smallest absolute Gasteiger partial charge is 0.410 e. The van der Waals surface area contributed by atoms with Crippen molar-refractivity contribution in [1.29, 1.82) is 0 Å². The van der Waals surface area contributed by atoms with E-state index in [4.69, 9.17) is 19.3 Å². The molecule has 2 aliphatic heterocycles. The minimum atomic E-state index is -0.606. The number of rotatable bonds is 11. The summed E-state index contributed by atoms with van der Waals surface area (Å²) in [6, 6.07) is 7.44. The summed E-state index contributed by atoms with van der Waals surface area (Å²) >= 11 is 0. The van der Waals surface area contributed by atoms with E-state index >= 15 is 0 Å². The van der Waals surface area contributed by atoms with Crippen LogP contribution in [-0.2, 0) is 21.3 Å². The molecule has 0 radical (unpaired) electrons. The van der Waals surface area contributed by atoms with Crippen LogP contribution in [0.25, 0.3) is 10.9 Å². The second-order valence-corrected chi connectivity index (χ2v) is 13.3. The zero-order chi connectivity index (χ0) is 33.6. The maximum Gasteiger partial charge on any atom is 0.410 e. The molecule has 13 nitrogen and oxygen atoms in total. The van der Waals surface area contributed by atoms with Gasteiger partial charge in [-0.15, -0.1) is 0 Å². The number of hydrogen-bond donors (Lipinski definition) is 1. The van der Waals surface area contributed by atoms with Crippen molar-refractivity contribution in [3.63, 3.8) is 0 Å². The quantitative estimate of drug-likeness (QED) is 0.365. The van der Waals surface area contributed by atoms with Crippen molar-refractivity contribution in [1.82, 2.24) is 29.1 Å². The minimum absolute atomic E-state index is 0.0145. The van der Waals surface area contributed by atoms with Crippen molar-refractivity contribution in [2.45, 2.75) is 45.4 Å². The van der Waals surface area contributed by atoms with E-state index in [2.05, 4.69) is 9.80 Å². The molecule has 3 heterocycles. The number of piperazine rings is 2. The highest BCUT2D eigenvalue weighted by Gasteiger charge is 2.38. The number of aliphatic hydroxyl groups is 1. The van der Waals surface area contributed by atoms with Gasteiger partial charge in [-0.25, -0.2) is 4.79 Å². The number of ether oxygens (including phenoxy) is 3. The first-order valence-corrected chi connectivity index (χ1v) is 16.1. The molecule has 1 N–H and O–H groups in total. The second kappa shape index (κ2) is 15.5. The third-order valence-corrected chi connectivity index (χ3v) is 8.69. The van der Waals surface area contributed by atoms with Gasteiger partial charge in [0.15, 0.2) is 0 Å². The fraction of sp³-hybridized carbons (Fsp3) is 0.667. The van der Waals surface area contributed by atoms with Crippen LogP contribution in [0.1, 0.15) is 38.2 Å². The molecule has 0 aliphatic carbocycles. The van der Waals surface area contributed by atoms with Crippen LogP contribution < -0.4 is 4.74 Å². The van der Waals surface area contributed by atoms with Crippen LogP contribution in [0, 0.1) is 0 Å². The number of benzene rings is 1. The van der Waals surface area contributed by atoms with Crippen LogP contribution in [0.15, 0.2) is 24.3 Å². The number of carbonyl (C=O) groups excluding carboxylic acids is 3. The van der Waals surface area contributed by atoms with Crippen LogP contribution in [0.5, 0.6) is 5.75 Å². The zero-order valence-corrected chi connectivity index (χ0v) is 28.5. The van der Waals surface area contributed by atoms with E-state index in [1.165, 1.54) is 0 Å². The molecule has 0 unspecified atom stereocenters. The molecule has 0 bridgehead atoms. The summed E-state index contributed by atoms with van der Waals surface area (Å²) in [5.41, 5.74) is 0.925. The molecule has 2 aromatic rings. The molecular weight excluding hydrogens is 592 g/mol. The van der Waals surface area contributed by atoms with Crippen LogP contribution in [-0.4, -0.2) is 163 Å². The highest BCUT2D eigenvalue weighted by Crippen LogP contribution is 2.25. The molecule has 256 valence electrons. The minimum Gasteiger partial charge on any atom is -0.497 e. The molecule has 3 amide bonds. The molecule has 0 spiro atoms. The number of aryl methyl sites for hydroxylation is 1. The Kier molecular flexibility index (Phi) is 11.9. The van der Waals surface area contributed by atoms with Gasteiger partial charge in [0, 0.05) is 82.9 Å². The number of hydrogen-bond acceptors (Lipinski definition) is 9. The third-order valence-electron chi connectivity index (χ3n) is 8.69. The Morgan fingerprint density at radius 2 is 1.72 bits per heavy atom. The average molecular weight is 645 g/mol. The summed E-state index contributed by atoms with van der Waals surface area (Å²) in [4.78, 5) is 49.9. The van der Waals surface area contributed by atoms with Crippen LogP contribution in [0.4, 0.5) is 4.79 Å². The van der Waals surface area contributed by atoms with Crippen molar-refractivity contribution >= 4 is 28.8 Å². The average Bonchev–Trinajstić information content (AvgIpc) is 3.34. The second-order valence-electron chi connectivity index (χ2n) is 13.3. The Morgan fingerprint density at radius 1 is 1.02 bits per heavy atom. The fourth-order valence-electron chi connectivity index (χ4n) is 6.13. The Balaban J connectivity index is 1.38. The van der Waals surface area contributed by atoms with E-state index in [0.717, 1.165) is 16.7 Å². The highest BCUT2D eigenvalue weighted by molar-refractivity contribution is 5.99. The molecule has 2 saturated heterocycles. The maximum atomic E-state index is 13.6. The number of aliphatic hydroxyl groups excluding tert-OH is 1. The molecule has 4 rings (SSSR count). The third kappa shape index (κ3) is 8.90. The van der Waals surface area contributed by atoms with Gasteiger partial charge in [-0.2, -0.15) is 0 Å². The highest BCUT2D eigenvalue weighted by atomic mass is 16.6. The molecule has 2 atom stereocenters. The molecule has 0 saturated carbocycles. The lowest BCUT2D eigenvalue weighted by Crippen LogP contribution is -2.63. The first-order valence-electron chi connectivity index (χ1n) is 16.1. The van der Waals surface area contributed by atoms with Crippen LogP contribution >= 0.6 is 0 Å². The summed E-state index contributed by atoms with van der Waals surface area (Å²) in [7, 11) is 5.49. The Bertz CT molecular complexity index is 1350. The van der Waals surface area contributed by atoms with Crippen LogP contribution in [0.3, 0.4) is 0 Å². The lowest BCUT2D eigenvalue weighted by Gasteiger charge is -2.46. The molecule has 2 fully saturated rings. The number of fused-ring (bicyclic) bond motifs is 1. The monoisotopic (exact) mass is 644 g/mol. The lowest BCUT2D eigenvalue weighted by atomic mass is 10.1. The number of aromatic nitrogens is 1. The molecule has 46 heavy (non-hydrogen) atoms. The largest absolute Gasteiger partial charge is 0.497 e. The summed E-state index contributed by atoms with van der Waals surface area (Å²) in [5.74, 6) is 0.699. The molecule has 1 aromatic heterocycles. The number of methoxy groups -OCH3 is 1. The fourth-order valence-corrected chi connectivity index (χ4v) is 6.13. The molecular formula is C33H52N6O7. The predicted molar refractivity (Wildman–Crippen MR) is 175 cm³/mol. The van der Waals surface area contributed by atoms with Gasteiger partial charge < -0.3 is 43.5 Å². The topological polar surface area (TPSA) is 120 Å². The van der Waals surface area contributed by atoms with Gasteiger partial charge in [0.1, 0.15) is 17.0 Å². The van der Waals surface area contributed by atoms with E-state index in [-0.39, 0.29) is 49.7 Å². The van der Waals surface area contributed by atoms with Gasteiger partial charge in [0.2, 0.25) is 5.91 Å².